The molecule has 0 heterocycles. The summed E-state index contributed by atoms with van der Waals surface area (Å²) in [5, 5.41) is 0. The van der Waals surface area contributed by atoms with E-state index in [2.05, 4.69) is 91.2 Å². The number of ether oxygens (including phenoxy) is 2. The van der Waals surface area contributed by atoms with Crippen LogP contribution in [0.4, 0.5) is 0 Å². The van der Waals surface area contributed by atoms with E-state index in [1.165, 1.54) is 0 Å². The molecule has 0 aromatic carbocycles. The molecular weight excluding hydrogens is 499 g/mol. The Bertz CT molecular complexity index is 242. The summed E-state index contributed by atoms with van der Waals surface area (Å²) in [6.07, 6.45) is 0. The van der Waals surface area contributed by atoms with E-state index in [1.54, 1.807) is 0 Å². The Balaban J connectivity index is -0.000000256. The zero-order valence-electron chi connectivity index (χ0n) is 12.2. The Kier molecular flexibility index (Phi) is 15.1. The third-order valence-electron chi connectivity index (χ3n) is 1.25. The zero-order valence-corrected chi connectivity index (χ0v) is 17.7. The molecule has 0 radical (unpaired) electrons. The average molecular weight is 522 g/mol. The Morgan fingerprint density at radius 1 is 0.789 bits per heavy atom. The van der Waals surface area contributed by atoms with Crippen LogP contribution < -0.4 is 0 Å². The SMILES string of the molecule is CC(C)(C)COC(=S)[S-].CC(C)(C)COC(=S)[S-].[Pt+2]. The van der Waals surface area contributed by atoms with Crippen LogP contribution in [0, 0.1) is 10.8 Å². The van der Waals surface area contributed by atoms with Crippen molar-refractivity contribution in [3.63, 3.8) is 0 Å². The van der Waals surface area contributed by atoms with Crippen LogP contribution in [0.5, 0.6) is 0 Å². The van der Waals surface area contributed by atoms with Crippen molar-refractivity contribution >= 4 is 58.5 Å². The summed E-state index contributed by atoms with van der Waals surface area (Å²) in [4.78, 5) is 0. The summed E-state index contributed by atoms with van der Waals surface area (Å²) < 4.78 is 10.3. The molecule has 0 bridgehead atoms. The molecule has 0 aliphatic rings. The largest absolute Gasteiger partial charge is 2.00 e. The van der Waals surface area contributed by atoms with Crippen LogP contribution in [0.15, 0.2) is 0 Å². The van der Waals surface area contributed by atoms with E-state index in [9.17, 15) is 0 Å². The van der Waals surface area contributed by atoms with Gasteiger partial charge < -0.3 is 59.2 Å². The first-order chi connectivity index (χ1) is 7.83. The molecule has 0 atom stereocenters. The van der Waals surface area contributed by atoms with E-state index in [0.29, 0.717) is 13.2 Å². The maximum Gasteiger partial charge on any atom is 2.00 e. The van der Waals surface area contributed by atoms with E-state index in [0.717, 1.165) is 0 Å². The van der Waals surface area contributed by atoms with Crippen LogP contribution in [0.2, 0.25) is 0 Å². The molecule has 7 heteroatoms. The first-order valence-electron chi connectivity index (χ1n) is 5.51. The van der Waals surface area contributed by atoms with Crippen molar-refractivity contribution in [2.75, 3.05) is 13.2 Å². The van der Waals surface area contributed by atoms with E-state index >= 15 is 0 Å². The fourth-order valence-corrected chi connectivity index (χ4v) is 0.787. The second-order valence-electron chi connectivity index (χ2n) is 6.20. The van der Waals surface area contributed by atoms with Crippen molar-refractivity contribution in [3.05, 3.63) is 0 Å². The quantitative estimate of drug-likeness (QED) is 0.404. The first-order valence-corrected chi connectivity index (χ1v) is 7.14. The predicted octanol–water partition coefficient (Wildman–Crippen LogP) is 3.76. The molecule has 0 saturated heterocycles. The van der Waals surface area contributed by atoms with Crippen LogP contribution in [0.1, 0.15) is 41.5 Å². The fraction of sp³-hybridized carbons (Fsp3) is 0.833. The van der Waals surface area contributed by atoms with Crippen molar-refractivity contribution in [1.82, 2.24) is 0 Å². The molecule has 116 valence electrons. The molecule has 0 spiro atoms. The van der Waals surface area contributed by atoms with Crippen molar-refractivity contribution in [3.8, 4) is 0 Å². The van der Waals surface area contributed by atoms with E-state index in [1.807, 2.05) is 0 Å². The van der Waals surface area contributed by atoms with Gasteiger partial charge in [0, 0.05) is 8.77 Å². The van der Waals surface area contributed by atoms with Crippen molar-refractivity contribution in [2.24, 2.45) is 10.8 Å². The molecule has 0 aliphatic carbocycles. The molecule has 0 amide bonds. The molecule has 2 nitrogen and oxygen atoms in total. The van der Waals surface area contributed by atoms with Gasteiger partial charge >= 0.3 is 21.1 Å². The number of hydrogen-bond acceptors (Lipinski definition) is 6. The molecule has 19 heavy (non-hydrogen) atoms. The topological polar surface area (TPSA) is 18.5 Å². The Morgan fingerprint density at radius 2 is 1.00 bits per heavy atom. The van der Waals surface area contributed by atoms with E-state index in [-0.39, 0.29) is 40.7 Å². The van der Waals surface area contributed by atoms with Gasteiger partial charge in [0.1, 0.15) is 0 Å². The van der Waals surface area contributed by atoms with Crippen molar-refractivity contribution in [1.29, 1.82) is 0 Å². The van der Waals surface area contributed by atoms with Gasteiger partial charge in [-0.1, -0.05) is 41.5 Å². The van der Waals surface area contributed by atoms with Crippen LogP contribution in [-0.4, -0.2) is 22.0 Å². The number of hydrogen-bond donors (Lipinski definition) is 0. The van der Waals surface area contributed by atoms with Crippen molar-refractivity contribution < 1.29 is 30.5 Å². The summed E-state index contributed by atoms with van der Waals surface area (Å²) in [5.41, 5.74) is 0.311. The van der Waals surface area contributed by atoms with Crippen LogP contribution >= 0.6 is 24.4 Å². The molecule has 0 unspecified atom stereocenters. The first kappa shape index (κ1) is 24.9. The molecule has 0 saturated carbocycles. The molecule has 0 N–H and O–H groups in total. The molecule has 0 aromatic heterocycles. The molecule has 0 aromatic rings. The zero-order chi connectivity index (χ0) is 15.0. The van der Waals surface area contributed by atoms with Gasteiger partial charge in [-0.05, 0) is 10.8 Å². The van der Waals surface area contributed by atoms with Gasteiger partial charge in [0.2, 0.25) is 0 Å². The van der Waals surface area contributed by atoms with Gasteiger partial charge in [0.25, 0.3) is 0 Å². The second kappa shape index (κ2) is 11.6. The van der Waals surface area contributed by atoms with Crippen LogP contribution in [-0.2, 0) is 55.8 Å². The average Bonchev–Trinajstić information content (AvgIpc) is 2.10. The molecule has 0 rings (SSSR count). The van der Waals surface area contributed by atoms with Crippen molar-refractivity contribution in [2.45, 2.75) is 41.5 Å². The van der Waals surface area contributed by atoms with Gasteiger partial charge in [-0.25, -0.2) is 0 Å². The molecular formula is C12H22O2PtS4. The van der Waals surface area contributed by atoms with E-state index < -0.39 is 0 Å². The Morgan fingerprint density at radius 3 is 1.05 bits per heavy atom. The number of thiocarbonyl (C=S) groups is 2. The van der Waals surface area contributed by atoms with E-state index in [4.69, 9.17) is 9.47 Å². The van der Waals surface area contributed by atoms with Gasteiger partial charge in [0.05, 0.1) is 13.2 Å². The summed E-state index contributed by atoms with van der Waals surface area (Å²) >= 11 is 18.2. The summed E-state index contributed by atoms with van der Waals surface area (Å²) in [5.74, 6) is 0. The van der Waals surface area contributed by atoms with Crippen LogP contribution in [0.25, 0.3) is 0 Å². The minimum Gasteiger partial charge on any atom is -0.513 e. The normalized spacial score (nSPS) is 10.4. The molecule has 0 aliphatic heterocycles. The van der Waals surface area contributed by atoms with Gasteiger partial charge in [-0.15, -0.1) is 0 Å². The standard InChI is InChI=1S/2C6H12OS2.Pt/c2*1-6(2,3)4-7-5(8)9;/h2*4H2,1-3H3,(H,8,9);/q;;+2/p-2. The van der Waals surface area contributed by atoms with Gasteiger partial charge in [0.15, 0.2) is 0 Å². The Hall–Kier alpha value is 0.908. The van der Waals surface area contributed by atoms with Gasteiger partial charge in [-0.3, -0.25) is 0 Å². The summed E-state index contributed by atoms with van der Waals surface area (Å²) in [6, 6.07) is 0. The fourth-order valence-electron chi connectivity index (χ4n) is 0.551. The summed E-state index contributed by atoms with van der Waals surface area (Å²) in [7, 11) is 0. The summed E-state index contributed by atoms with van der Waals surface area (Å²) in [6.45, 7) is 13.6. The minimum atomic E-state index is 0. The third kappa shape index (κ3) is 32.4. The maximum atomic E-state index is 4.95. The smallest absolute Gasteiger partial charge is 0.513 e. The monoisotopic (exact) mass is 521 g/mol. The van der Waals surface area contributed by atoms with Gasteiger partial charge in [-0.2, -0.15) is 0 Å². The molecule has 0 fully saturated rings. The van der Waals surface area contributed by atoms with Crippen LogP contribution in [0.3, 0.4) is 0 Å². The minimum absolute atomic E-state index is 0. The third-order valence-corrected chi connectivity index (χ3v) is 1.72. The Labute approximate surface area is 153 Å². The number of rotatable bonds is 2. The maximum absolute atomic E-state index is 4.95. The second-order valence-corrected chi connectivity index (χ2v) is 8.20. The predicted molar refractivity (Wildman–Crippen MR) is 90.7 cm³/mol.